The minimum absolute atomic E-state index is 0.0153. The van der Waals surface area contributed by atoms with Crippen LogP contribution < -0.4 is 15.4 Å². The van der Waals surface area contributed by atoms with Crippen molar-refractivity contribution in [2.45, 2.75) is 0 Å². The molecule has 2 N–H and O–H groups in total. The van der Waals surface area contributed by atoms with Gasteiger partial charge in [-0.05, 0) is 29.8 Å². The van der Waals surface area contributed by atoms with E-state index in [1.54, 1.807) is 18.2 Å². The van der Waals surface area contributed by atoms with Gasteiger partial charge in [0, 0.05) is 0 Å². The zero-order valence-corrected chi connectivity index (χ0v) is 10.9. The van der Waals surface area contributed by atoms with Crippen molar-refractivity contribution in [3.63, 3.8) is 0 Å². The van der Waals surface area contributed by atoms with E-state index in [1.165, 1.54) is 12.3 Å². The van der Waals surface area contributed by atoms with Crippen molar-refractivity contribution in [2.75, 3.05) is 17.2 Å². The second-order valence-corrected chi connectivity index (χ2v) is 4.42. The van der Waals surface area contributed by atoms with E-state index in [0.29, 0.717) is 17.1 Å². The van der Waals surface area contributed by atoms with Gasteiger partial charge in [-0.15, -0.1) is 0 Å². The third kappa shape index (κ3) is 2.21. The third-order valence-electron chi connectivity index (χ3n) is 2.75. The molecule has 1 aliphatic rings. The number of carbonyl (C=O) groups is 2. The largest absolute Gasteiger partial charge is 0.479 e. The van der Waals surface area contributed by atoms with Gasteiger partial charge in [-0.25, -0.2) is 0 Å². The first-order valence-corrected chi connectivity index (χ1v) is 6.13. The van der Waals surface area contributed by atoms with Crippen LogP contribution >= 0.6 is 11.6 Å². The van der Waals surface area contributed by atoms with Gasteiger partial charge in [0.2, 0.25) is 5.22 Å². The van der Waals surface area contributed by atoms with Crippen molar-refractivity contribution < 1.29 is 18.7 Å². The predicted octanol–water partition coefficient (Wildman–Crippen LogP) is 2.52. The number of ether oxygens (including phenoxy) is 1. The van der Waals surface area contributed by atoms with Crippen molar-refractivity contribution in [1.82, 2.24) is 0 Å². The maximum Gasteiger partial charge on any atom is 0.262 e. The van der Waals surface area contributed by atoms with E-state index in [4.69, 9.17) is 20.8 Å². The Morgan fingerprint density at radius 1 is 1.35 bits per heavy atom. The lowest BCUT2D eigenvalue weighted by atomic mass is 10.2. The standard InChI is InChI=1S/C13H9ClN2O4/c14-12-7(4-5-19-12)13(18)16-9-3-1-2-8-11(9)20-6-10(17)15-8/h1-5H,6H2,(H,15,17)(H,16,18). The van der Waals surface area contributed by atoms with Crippen molar-refractivity contribution in [3.8, 4) is 5.75 Å². The molecule has 0 unspecified atom stereocenters. The van der Waals surface area contributed by atoms with E-state index in [9.17, 15) is 9.59 Å². The Labute approximate surface area is 118 Å². The summed E-state index contributed by atoms with van der Waals surface area (Å²) >= 11 is 5.75. The third-order valence-corrected chi connectivity index (χ3v) is 3.04. The quantitative estimate of drug-likeness (QED) is 0.891. The van der Waals surface area contributed by atoms with Crippen LogP contribution in [0.3, 0.4) is 0 Å². The van der Waals surface area contributed by atoms with Gasteiger partial charge in [-0.3, -0.25) is 9.59 Å². The molecule has 2 aromatic rings. The molecule has 1 aliphatic heterocycles. The highest BCUT2D eigenvalue weighted by Gasteiger charge is 2.21. The number of furan rings is 1. The molecule has 102 valence electrons. The molecule has 0 fully saturated rings. The van der Waals surface area contributed by atoms with Gasteiger partial charge in [0.1, 0.15) is 0 Å². The van der Waals surface area contributed by atoms with Gasteiger partial charge in [0.25, 0.3) is 11.8 Å². The van der Waals surface area contributed by atoms with E-state index in [2.05, 4.69) is 10.6 Å². The SMILES string of the molecule is O=C1COc2c(cccc2NC(=O)c2ccoc2Cl)N1. The first-order chi connectivity index (χ1) is 9.65. The highest BCUT2D eigenvalue weighted by atomic mass is 35.5. The van der Waals surface area contributed by atoms with Crippen LogP contribution in [-0.4, -0.2) is 18.4 Å². The molecule has 0 radical (unpaired) electrons. The molecule has 0 saturated carbocycles. The van der Waals surface area contributed by atoms with Crippen LogP contribution in [0.2, 0.25) is 5.22 Å². The molecule has 0 spiro atoms. The van der Waals surface area contributed by atoms with Gasteiger partial charge in [-0.2, -0.15) is 0 Å². The summed E-state index contributed by atoms with van der Waals surface area (Å²) in [5.74, 6) is -0.239. The summed E-state index contributed by atoms with van der Waals surface area (Å²) in [5.41, 5.74) is 1.19. The molecule has 0 atom stereocenters. The predicted molar refractivity (Wildman–Crippen MR) is 72.2 cm³/mol. The van der Waals surface area contributed by atoms with E-state index < -0.39 is 5.91 Å². The van der Waals surface area contributed by atoms with E-state index in [-0.39, 0.29) is 23.3 Å². The maximum absolute atomic E-state index is 12.0. The molecule has 7 heteroatoms. The normalized spacial score (nSPS) is 13.2. The summed E-state index contributed by atoms with van der Waals surface area (Å²) in [6.07, 6.45) is 1.33. The van der Waals surface area contributed by atoms with Crippen LogP contribution in [0.1, 0.15) is 10.4 Å². The zero-order valence-electron chi connectivity index (χ0n) is 10.1. The van der Waals surface area contributed by atoms with Crippen LogP contribution in [-0.2, 0) is 4.79 Å². The number of para-hydroxylation sites is 1. The fraction of sp³-hybridized carbons (Fsp3) is 0.0769. The Morgan fingerprint density at radius 2 is 2.20 bits per heavy atom. The zero-order chi connectivity index (χ0) is 14.1. The molecule has 0 aliphatic carbocycles. The average molecular weight is 293 g/mol. The Bertz CT molecular complexity index is 695. The molecular weight excluding hydrogens is 284 g/mol. The summed E-state index contributed by atoms with van der Waals surface area (Å²) in [6.45, 7) is -0.0909. The monoisotopic (exact) mass is 292 g/mol. The molecule has 2 amide bonds. The molecule has 1 aromatic heterocycles. The van der Waals surface area contributed by atoms with Gasteiger partial charge in [-0.1, -0.05) is 6.07 Å². The highest BCUT2D eigenvalue weighted by molar-refractivity contribution is 6.32. The second-order valence-electron chi connectivity index (χ2n) is 4.08. The Hall–Kier alpha value is -2.47. The van der Waals surface area contributed by atoms with Crippen LogP contribution in [0.4, 0.5) is 11.4 Å². The second kappa shape index (κ2) is 4.90. The molecule has 3 rings (SSSR count). The lowest BCUT2D eigenvalue weighted by Crippen LogP contribution is -2.26. The minimum Gasteiger partial charge on any atom is -0.479 e. The Balaban J connectivity index is 1.89. The maximum atomic E-state index is 12.0. The van der Waals surface area contributed by atoms with Gasteiger partial charge >= 0.3 is 0 Å². The van der Waals surface area contributed by atoms with Crippen LogP contribution in [0.5, 0.6) is 5.75 Å². The fourth-order valence-corrected chi connectivity index (χ4v) is 2.06. The van der Waals surface area contributed by atoms with E-state index in [1.807, 2.05) is 0 Å². The first kappa shape index (κ1) is 12.6. The fourth-order valence-electron chi connectivity index (χ4n) is 1.86. The summed E-state index contributed by atoms with van der Waals surface area (Å²) in [4.78, 5) is 23.3. The number of amides is 2. The highest BCUT2D eigenvalue weighted by Crippen LogP contribution is 2.35. The summed E-state index contributed by atoms with van der Waals surface area (Å²) in [6, 6.07) is 6.52. The summed E-state index contributed by atoms with van der Waals surface area (Å²) in [5, 5.41) is 5.34. The number of nitrogens with one attached hydrogen (secondary N) is 2. The molecule has 1 aromatic carbocycles. The molecule has 0 saturated heterocycles. The van der Waals surface area contributed by atoms with Gasteiger partial charge in [0.15, 0.2) is 12.4 Å². The lowest BCUT2D eigenvalue weighted by molar-refractivity contribution is -0.118. The molecule has 20 heavy (non-hydrogen) atoms. The minimum atomic E-state index is -0.419. The van der Waals surface area contributed by atoms with Crippen molar-refractivity contribution in [3.05, 3.63) is 41.3 Å². The molecule has 0 bridgehead atoms. The number of carbonyl (C=O) groups excluding carboxylic acids is 2. The van der Waals surface area contributed by atoms with E-state index >= 15 is 0 Å². The van der Waals surface area contributed by atoms with Crippen molar-refractivity contribution >= 4 is 34.8 Å². The van der Waals surface area contributed by atoms with Crippen LogP contribution in [0.25, 0.3) is 0 Å². The first-order valence-electron chi connectivity index (χ1n) is 5.75. The van der Waals surface area contributed by atoms with Crippen molar-refractivity contribution in [2.24, 2.45) is 0 Å². The number of fused-ring (bicyclic) bond motifs is 1. The molecule has 2 heterocycles. The lowest BCUT2D eigenvalue weighted by Gasteiger charge is -2.20. The van der Waals surface area contributed by atoms with Gasteiger partial charge in [0.05, 0.1) is 23.2 Å². The summed E-state index contributed by atoms with van der Waals surface area (Å²) < 4.78 is 10.2. The van der Waals surface area contributed by atoms with Crippen LogP contribution in [0, 0.1) is 0 Å². The van der Waals surface area contributed by atoms with Crippen molar-refractivity contribution in [1.29, 1.82) is 0 Å². The van der Waals surface area contributed by atoms with Crippen LogP contribution in [0.15, 0.2) is 34.9 Å². The number of anilines is 2. The number of benzene rings is 1. The molecule has 6 nitrogen and oxygen atoms in total. The Morgan fingerprint density at radius 3 is 2.95 bits per heavy atom. The number of hydrogen-bond donors (Lipinski definition) is 2. The number of hydrogen-bond acceptors (Lipinski definition) is 4. The molecular formula is C13H9ClN2O4. The number of rotatable bonds is 2. The Kier molecular flexibility index (Phi) is 3.08. The van der Waals surface area contributed by atoms with E-state index in [0.717, 1.165) is 0 Å². The number of halogens is 1. The van der Waals surface area contributed by atoms with Gasteiger partial charge < -0.3 is 19.8 Å². The smallest absolute Gasteiger partial charge is 0.262 e. The topological polar surface area (TPSA) is 80.6 Å². The summed E-state index contributed by atoms with van der Waals surface area (Å²) in [7, 11) is 0. The average Bonchev–Trinajstić information content (AvgIpc) is 2.85.